The molecule has 0 aromatic rings. The minimum absolute atomic E-state index is 0.318. The molecule has 2 N–H and O–H groups in total. The third kappa shape index (κ3) is 4.11. The van der Waals surface area contributed by atoms with Crippen LogP contribution < -0.4 is 0 Å². The number of aliphatic imine (C=N–C) groups is 2. The zero-order valence-electron chi connectivity index (χ0n) is 12.8. The molecule has 0 amide bonds. The number of hydrogen-bond donors (Lipinski definition) is 2. The highest BCUT2D eigenvalue weighted by molar-refractivity contribution is 5.36. The van der Waals surface area contributed by atoms with E-state index in [1.807, 2.05) is 0 Å². The van der Waals surface area contributed by atoms with E-state index in [1.165, 1.54) is 0 Å². The van der Waals surface area contributed by atoms with E-state index in [-0.39, 0.29) is 12.2 Å². The SMILES string of the molecule is O=C=NC1(CCC2(N=C=O)CCC(O)CC2)CCC(O)CC1. The molecule has 2 aliphatic rings. The lowest BCUT2D eigenvalue weighted by Gasteiger charge is -2.39. The summed E-state index contributed by atoms with van der Waals surface area (Å²) < 4.78 is 0. The third-order valence-corrected chi connectivity index (χ3v) is 5.39. The van der Waals surface area contributed by atoms with Crippen LogP contribution in [0.25, 0.3) is 0 Å². The first kappa shape index (κ1) is 17.0. The number of aliphatic hydroxyl groups excluding tert-OH is 2. The van der Waals surface area contributed by atoms with Gasteiger partial charge in [0.15, 0.2) is 0 Å². The van der Waals surface area contributed by atoms with Crippen LogP contribution in [0.2, 0.25) is 0 Å². The lowest BCUT2D eigenvalue weighted by atomic mass is 9.72. The zero-order valence-corrected chi connectivity index (χ0v) is 12.8. The second kappa shape index (κ2) is 7.30. The van der Waals surface area contributed by atoms with Gasteiger partial charge in [-0.05, 0) is 64.2 Å². The topological polar surface area (TPSA) is 99.3 Å². The summed E-state index contributed by atoms with van der Waals surface area (Å²) in [7, 11) is 0. The van der Waals surface area contributed by atoms with Crippen molar-refractivity contribution in [2.45, 2.75) is 87.5 Å². The Morgan fingerprint density at radius 3 is 1.36 bits per heavy atom. The molecule has 0 atom stereocenters. The van der Waals surface area contributed by atoms with Crippen molar-refractivity contribution in [2.24, 2.45) is 9.98 Å². The monoisotopic (exact) mass is 308 g/mol. The van der Waals surface area contributed by atoms with E-state index in [0.717, 1.165) is 0 Å². The van der Waals surface area contributed by atoms with Gasteiger partial charge in [0, 0.05) is 0 Å². The second-order valence-electron chi connectivity index (χ2n) is 6.82. The minimum atomic E-state index is -0.484. The van der Waals surface area contributed by atoms with Crippen LogP contribution >= 0.6 is 0 Å². The zero-order chi connectivity index (χ0) is 16.1. The molecule has 0 saturated heterocycles. The van der Waals surface area contributed by atoms with Gasteiger partial charge in [-0.25, -0.2) is 9.59 Å². The van der Waals surface area contributed by atoms with Crippen molar-refractivity contribution in [3.8, 4) is 0 Å². The first-order valence-electron chi connectivity index (χ1n) is 8.07. The summed E-state index contributed by atoms with van der Waals surface area (Å²) in [6.07, 6.45) is 9.19. The van der Waals surface area contributed by atoms with E-state index in [4.69, 9.17) is 0 Å². The molecule has 0 radical (unpaired) electrons. The van der Waals surface area contributed by atoms with Gasteiger partial charge in [0.05, 0.1) is 23.3 Å². The molecule has 22 heavy (non-hydrogen) atoms. The molecule has 0 aliphatic heterocycles. The molecule has 2 aliphatic carbocycles. The van der Waals surface area contributed by atoms with Crippen molar-refractivity contribution in [2.75, 3.05) is 0 Å². The van der Waals surface area contributed by atoms with Crippen molar-refractivity contribution < 1.29 is 19.8 Å². The molecular formula is C16H24N2O4. The molecule has 6 heteroatoms. The van der Waals surface area contributed by atoms with Gasteiger partial charge < -0.3 is 10.2 Å². The van der Waals surface area contributed by atoms with E-state index in [2.05, 4.69) is 9.98 Å². The Balaban J connectivity index is 2.06. The summed E-state index contributed by atoms with van der Waals surface area (Å²) >= 11 is 0. The Kier molecular flexibility index (Phi) is 5.65. The van der Waals surface area contributed by atoms with Crippen LogP contribution in [0.3, 0.4) is 0 Å². The van der Waals surface area contributed by atoms with E-state index < -0.39 is 11.1 Å². The number of rotatable bonds is 5. The van der Waals surface area contributed by atoms with E-state index in [0.29, 0.717) is 64.2 Å². The number of hydrogen-bond acceptors (Lipinski definition) is 6. The first-order chi connectivity index (χ1) is 10.5. The van der Waals surface area contributed by atoms with Gasteiger partial charge in [0.1, 0.15) is 0 Å². The summed E-state index contributed by atoms with van der Waals surface area (Å²) in [5.41, 5.74) is -0.967. The van der Waals surface area contributed by atoms with Crippen molar-refractivity contribution in [1.29, 1.82) is 0 Å². The molecule has 0 unspecified atom stereocenters. The average Bonchev–Trinajstić information content (AvgIpc) is 2.52. The summed E-state index contributed by atoms with van der Waals surface area (Å²) in [5.74, 6) is 0. The summed E-state index contributed by atoms with van der Waals surface area (Å²) in [5, 5.41) is 19.3. The van der Waals surface area contributed by atoms with E-state index >= 15 is 0 Å². The molecule has 2 rings (SSSR count). The van der Waals surface area contributed by atoms with Gasteiger partial charge in [-0.3, -0.25) is 0 Å². The Morgan fingerprint density at radius 1 is 0.773 bits per heavy atom. The highest BCUT2D eigenvalue weighted by Gasteiger charge is 2.40. The molecule has 122 valence electrons. The largest absolute Gasteiger partial charge is 0.393 e. The van der Waals surface area contributed by atoms with Crippen molar-refractivity contribution in [1.82, 2.24) is 0 Å². The molecule has 0 bridgehead atoms. The lowest BCUT2D eigenvalue weighted by Crippen LogP contribution is -2.39. The van der Waals surface area contributed by atoms with Crippen LogP contribution in [0.1, 0.15) is 64.2 Å². The van der Waals surface area contributed by atoms with Crippen LogP contribution in [0.4, 0.5) is 0 Å². The van der Waals surface area contributed by atoms with Crippen molar-refractivity contribution in [3.05, 3.63) is 0 Å². The highest BCUT2D eigenvalue weighted by atomic mass is 16.3. The van der Waals surface area contributed by atoms with Gasteiger partial charge in [-0.15, -0.1) is 0 Å². The molecule has 6 nitrogen and oxygen atoms in total. The highest BCUT2D eigenvalue weighted by Crippen LogP contribution is 2.41. The number of aliphatic hydroxyl groups is 2. The van der Waals surface area contributed by atoms with Crippen LogP contribution in [0, 0.1) is 0 Å². The maximum Gasteiger partial charge on any atom is 0.235 e. The first-order valence-corrected chi connectivity index (χ1v) is 8.07. The van der Waals surface area contributed by atoms with Gasteiger partial charge in [-0.1, -0.05) is 0 Å². The van der Waals surface area contributed by atoms with Gasteiger partial charge >= 0.3 is 0 Å². The third-order valence-electron chi connectivity index (χ3n) is 5.39. The fraction of sp³-hybridized carbons (Fsp3) is 0.875. The second-order valence-corrected chi connectivity index (χ2v) is 6.82. The molecule has 2 saturated carbocycles. The number of nitrogens with zero attached hydrogens (tertiary/aromatic N) is 2. The molecular weight excluding hydrogens is 284 g/mol. The average molecular weight is 308 g/mol. The maximum atomic E-state index is 10.8. The fourth-order valence-electron chi connectivity index (χ4n) is 3.77. The standard InChI is InChI=1S/C16H24N2O4/c19-11-17-15(5-1-13(21)2-6-15)9-10-16(18-12-20)7-3-14(22)4-8-16/h13-14,21-22H,1-10H2. The van der Waals surface area contributed by atoms with Crippen LogP contribution in [-0.2, 0) is 9.59 Å². The smallest absolute Gasteiger partial charge is 0.235 e. The Bertz CT molecular complexity index is 421. The molecule has 0 heterocycles. The predicted molar refractivity (Wildman–Crippen MR) is 79.9 cm³/mol. The van der Waals surface area contributed by atoms with Crippen molar-refractivity contribution >= 4 is 12.2 Å². The van der Waals surface area contributed by atoms with E-state index in [9.17, 15) is 19.8 Å². The lowest BCUT2D eigenvalue weighted by molar-refractivity contribution is 0.0768. The maximum absolute atomic E-state index is 10.8. The van der Waals surface area contributed by atoms with Gasteiger partial charge in [-0.2, -0.15) is 9.98 Å². The summed E-state index contributed by atoms with van der Waals surface area (Å²) in [6.45, 7) is 0. The minimum Gasteiger partial charge on any atom is -0.393 e. The van der Waals surface area contributed by atoms with Crippen LogP contribution in [-0.4, -0.2) is 45.7 Å². The quantitative estimate of drug-likeness (QED) is 0.597. The van der Waals surface area contributed by atoms with Crippen molar-refractivity contribution in [3.63, 3.8) is 0 Å². The molecule has 2 fully saturated rings. The Hall–Kier alpha value is -1.32. The molecule has 0 aromatic heterocycles. The Labute approximate surface area is 130 Å². The van der Waals surface area contributed by atoms with Crippen LogP contribution in [0.5, 0.6) is 0 Å². The van der Waals surface area contributed by atoms with Crippen LogP contribution in [0.15, 0.2) is 9.98 Å². The van der Waals surface area contributed by atoms with Gasteiger partial charge in [0.25, 0.3) is 0 Å². The van der Waals surface area contributed by atoms with E-state index in [1.54, 1.807) is 12.2 Å². The predicted octanol–water partition coefficient (Wildman–Crippen LogP) is 1.79. The summed E-state index contributed by atoms with van der Waals surface area (Å²) in [6, 6.07) is 0. The number of isocyanates is 2. The fourth-order valence-corrected chi connectivity index (χ4v) is 3.77. The number of carbonyl (C=O) groups excluding carboxylic acids is 2. The van der Waals surface area contributed by atoms with Gasteiger partial charge in [0.2, 0.25) is 12.2 Å². The molecule has 0 spiro atoms. The normalized spacial score (nSPS) is 38.6. The summed E-state index contributed by atoms with van der Waals surface area (Å²) in [4.78, 5) is 29.6. The molecule has 0 aromatic carbocycles. The Morgan fingerprint density at radius 2 is 1.09 bits per heavy atom.